The van der Waals surface area contributed by atoms with Crippen molar-refractivity contribution in [1.29, 1.82) is 0 Å². The predicted octanol–water partition coefficient (Wildman–Crippen LogP) is 3.12. The van der Waals surface area contributed by atoms with Crippen molar-refractivity contribution in [3.63, 3.8) is 0 Å². The van der Waals surface area contributed by atoms with E-state index >= 15 is 0 Å². The largest absolute Gasteiger partial charge is 0.484 e. The minimum atomic E-state index is -1.20. The van der Waals surface area contributed by atoms with Gasteiger partial charge in [0, 0.05) is 6.42 Å². The fraction of sp³-hybridized carbons (Fsp3) is 0.947. The van der Waals surface area contributed by atoms with E-state index in [9.17, 15) is 15.3 Å². The molecule has 0 bridgehead atoms. The first-order chi connectivity index (χ1) is 12.1. The fourth-order valence-corrected chi connectivity index (χ4v) is 3.23. The molecule has 0 aromatic heterocycles. The van der Waals surface area contributed by atoms with Crippen molar-refractivity contribution < 1.29 is 24.8 Å². The summed E-state index contributed by atoms with van der Waals surface area (Å²) in [7, 11) is 0. The number of thiocarbonyl (C=S) groups is 1. The predicted molar refractivity (Wildman–Crippen MR) is 103 cm³/mol. The van der Waals surface area contributed by atoms with Gasteiger partial charge in [-0.1, -0.05) is 64.7 Å². The molecule has 0 amide bonds. The van der Waals surface area contributed by atoms with Crippen LogP contribution in [0.15, 0.2) is 0 Å². The number of aliphatic hydroxyl groups excluding tert-OH is 3. The van der Waals surface area contributed by atoms with E-state index in [-0.39, 0.29) is 13.2 Å². The molecule has 1 fully saturated rings. The third kappa shape index (κ3) is 9.85. The Morgan fingerprint density at radius 2 is 1.48 bits per heavy atom. The molecule has 0 aliphatic carbocycles. The molecule has 0 spiro atoms. The first-order valence-corrected chi connectivity index (χ1v) is 10.3. The molecule has 1 rings (SSSR count). The van der Waals surface area contributed by atoms with Gasteiger partial charge in [-0.15, -0.1) is 0 Å². The Kier molecular flexibility index (Phi) is 12.6. The van der Waals surface area contributed by atoms with Gasteiger partial charge in [-0.05, 0) is 18.6 Å². The van der Waals surface area contributed by atoms with Crippen LogP contribution >= 0.6 is 12.2 Å². The lowest BCUT2D eigenvalue weighted by Crippen LogP contribution is -2.54. The summed E-state index contributed by atoms with van der Waals surface area (Å²) >= 11 is 5.20. The van der Waals surface area contributed by atoms with Crippen LogP contribution < -0.4 is 0 Å². The molecule has 1 saturated heterocycles. The van der Waals surface area contributed by atoms with Gasteiger partial charge >= 0.3 is 0 Å². The highest BCUT2D eigenvalue weighted by molar-refractivity contribution is 7.80. The number of ether oxygens (including phenoxy) is 2. The van der Waals surface area contributed by atoms with E-state index in [2.05, 4.69) is 6.92 Å². The van der Waals surface area contributed by atoms with Crippen LogP contribution in [0.2, 0.25) is 0 Å². The van der Waals surface area contributed by atoms with Crippen LogP contribution in [0.3, 0.4) is 0 Å². The van der Waals surface area contributed by atoms with Gasteiger partial charge in [0.2, 0.25) is 0 Å². The lowest BCUT2D eigenvalue weighted by Gasteiger charge is -2.34. The molecule has 3 N–H and O–H groups in total. The maximum atomic E-state index is 9.83. The lowest BCUT2D eigenvalue weighted by molar-refractivity contribution is -0.193. The van der Waals surface area contributed by atoms with E-state index in [4.69, 9.17) is 21.7 Å². The second-order valence-corrected chi connectivity index (χ2v) is 7.49. The molecule has 5 nitrogen and oxygen atoms in total. The third-order valence-corrected chi connectivity index (χ3v) is 5.07. The van der Waals surface area contributed by atoms with Crippen LogP contribution in [0.5, 0.6) is 0 Å². The molecular formula is C19H36O5S. The van der Waals surface area contributed by atoms with Gasteiger partial charge in [0.05, 0.1) is 6.61 Å². The van der Waals surface area contributed by atoms with Crippen LogP contribution in [-0.2, 0) is 9.47 Å². The number of aliphatic hydroxyl groups is 3. The molecule has 0 unspecified atom stereocenters. The zero-order valence-corrected chi connectivity index (χ0v) is 16.4. The van der Waals surface area contributed by atoms with Gasteiger partial charge in [0.15, 0.2) is 5.05 Å². The monoisotopic (exact) mass is 376 g/mol. The van der Waals surface area contributed by atoms with Crippen molar-refractivity contribution in [3.05, 3.63) is 0 Å². The Balaban J connectivity index is 1.95. The first kappa shape index (κ1) is 22.8. The highest BCUT2D eigenvalue weighted by Crippen LogP contribution is 2.17. The van der Waals surface area contributed by atoms with Crippen molar-refractivity contribution in [2.45, 2.75) is 102 Å². The van der Waals surface area contributed by atoms with Gasteiger partial charge in [0.25, 0.3) is 0 Å². The highest BCUT2D eigenvalue weighted by Gasteiger charge is 2.37. The summed E-state index contributed by atoms with van der Waals surface area (Å²) in [6.07, 6.45) is 9.49. The molecule has 1 heterocycles. The molecular weight excluding hydrogens is 340 g/mol. The molecule has 1 aliphatic rings. The second-order valence-electron chi connectivity index (χ2n) is 7.04. The van der Waals surface area contributed by atoms with Crippen LogP contribution in [-0.4, -0.2) is 58.0 Å². The van der Waals surface area contributed by atoms with E-state index in [1.807, 2.05) is 0 Å². The molecule has 0 aromatic rings. The maximum Gasteiger partial charge on any atom is 0.159 e. The molecule has 6 heteroatoms. The van der Waals surface area contributed by atoms with Crippen molar-refractivity contribution in [2.24, 2.45) is 0 Å². The minimum Gasteiger partial charge on any atom is -0.484 e. The molecule has 0 aromatic carbocycles. The first-order valence-electron chi connectivity index (χ1n) is 9.87. The topological polar surface area (TPSA) is 79.2 Å². The third-order valence-electron chi connectivity index (χ3n) is 4.75. The summed E-state index contributed by atoms with van der Waals surface area (Å²) in [5.41, 5.74) is 0. The summed E-state index contributed by atoms with van der Waals surface area (Å²) in [6, 6.07) is 0. The average Bonchev–Trinajstić information content (AvgIpc) is 2.60. The van der Waals surface area contributed by atoms with E-state index in [1.165, 1.54) is 51.4 Å². The van der Waals surface area contributed by atoms with Gasteiger partial charge in [-0.25, -0.2) is 0 Å². The minimum absolute atomic E-state index is 0.00252. The number of rotatable bonds is 13. The quantitative estimate of drug-likeness (QED) is 0.339. The molecule has 4 atom stereocenters. The second kappa shape index (κ2) is 13.9. The van der Waals surface area contributed by atoms with Crippen LogP contribution in [0.25, 0.3) is 0 Å². The van der Waals surface area contributed by atoms with Gasteiger partial charge in [-0.2, -0.15) is 0 Å². The lowest BCUT2D eigenvalue weighted by atomic mass is 10.0. The van der Waals surface area contributed by atoms with E-state index in [0.717, 1.165) is 19.3 Å². The summed E-state index contributed by atoms with van der Waals surface area (Å²) in [5, 5.41) is 29.4. The SMILES string of the molecule is CCCCCCCCCCCCC(=S)OC[C@H]1OC[C@H](O)[C@@H](O)[C@@H]1O. The number of unbranched alkanes of at least 4 members (excludes halogenated alkanes) is 9. The molecule has 25 heavy (non-hydrogen) atoms. The van der Waals surface area contributed by atoms with Crippen LogP contribution in [0.4, 0.5) is 0 Å². The summed E-state index contributed by atoms with van der Waals surface area (Å²) in [4.78, 5) is 0. The molecule has 1 aliphatic heterocycles. The van der Waals surface area contributed by atoms with Crippen molar-refractivity contribution in [1.82, 2.24) is 0 Å². The normalized spacial score (nSPS) is 26.6. The Labute approximate surface area is 157 Å². The standard InChI is InChI=1S/C19H36O5S/c1-2-3-4-5-6-7-8-9-10-11-12-17(25)24-14-16-19(22)18(21)15(20)13-23-16/h15-16,18-22H,2-14H2,1H3/t15-,16+,18+,19+/m0/s1. The number of hydrogen-bond acceptors (Lipinski definition) is 6. The van der Waals surface area contributed by atoms with Crippen molar-refractivity contribution in [3.8, 4) is 0 Å². The van der Waals surface area contributed by atoms with E-state index in [0.29, 0.717) is 5.05 Å². The van der Waals surface area contributed by atoms with Gasteiger partial charge in [0.1, 0.15) is 31.0 Å². The van der Waals surface area contributed by atoms with Crippen molar-refractivity contribution in [2.75, 3.05) is 13.2 Å². The zero-order valence-electron chi connectivity index (χ0n) is 15.6. The molecule has 0 radical (unpaired) electrons. The Morgan fingerprint density at radius 3 is 2.08 bits per heavy atom. The van der Waals surface area contributed by atoms with E-state index in [1.54, 1.807) is 0 Å². The summed E-state index contributed by atoms with van der Waals surface area (Å²) in [6.45, 7) is 2.35. The fourth-order valence-electron chi connectivity index (χ4n) is 3.02. The summed E-state index contributed by atoms with van der Waals surface area (Å²) in [5.74, 6) is 0. The molecule has 0 saturated carbocycles. The summed E-state index contributed by atoms with van der Waals surface area (Å²) < 4.78 is 10.8. The maximum absolute atomic E-state index is 9.83. The van der Waals surface area contributed by atoms with Gasteiger partial charge in [-0.3, -0.25) is 0 Å². The van der Waals surface area contributed by atoms with Crippen LogP contribution in [0.1, 0.15) is 77.6 Å². The Bertz CT molecular complexity index is 353. The Morgan fingerprint density at radius 1 is 0.920 bits per heavy atom. The average molecular weight is 377 g/mol. The smallest absolute Gasteiger partial charge is 0.159 e. The molecule has 148 valence electrons. The van der Waals surface area contributed by atoms with E-state index < -0.39 is 24.4 Å². The Hall–Kier alpha value is -0.270. The number of hydrogen-bond donors (Lipinski definition) is 3. The van der Waals surface area contributed by atoms with Crippen LogP contribution in [0, 0.1) is 0 Å². The zero-order chi connectivity index (χ0) is 18.5. The van der Waals surface area contributed by atoms with Crippen molar-refractivity contribution >= 4 is 17.3 Å². The van der Waals surface area contributed by atoms with Gasteiger partial charge < -0.3 is 24.8 Å². The highest BCUT2D eigenvalue weighted by atomic mass is 32.1.